The highest BCUT2D eigenvalue weighted by Gasteiger charge is 2.14. The van der Waals surface area contributed by atoms with Crippen LogP contribution in [-0.4, -0.2) is 52.5 Å². The molecule has 2 amide bonds. The van der Waals surface area contributed by atoms with E-state index in [1.165, 1.54) is 51.7 Å². The number of anilines is 1. The third-order valence-corrected chi connectivity index (χ3v) is 6.80. The first-order valence-electron chi connectivity index (χ1n) is 12.9. The molecule has 0 fully saturated rings. The molecule has 8 nitrogen and oxygen atoms in total. The Kier molecular flexibility index (Phi) is 13.0. The van der Waals surface area contributed by atoms with Crippen LogP contribution in [0, 0.1) is 0 Å². The molecular formula is C28H40N2O6S. The topological polar surface area (TPSA) is 111 Å². The Bertz CT molecular complexity index is 1100. The summed E-state index contributed by atoms with van der Waals surface area (Å²) < 4.78 is 33.7. The number of rotatable bonds is 17. The van der Waals surface area contributed by atoms with Gasteiger partial charge in [-0.3, -0.25) is 9.59 Å². The molecule has 0 spiro atoms. The van der Waals surface area contributed by atoms with E-state index in [-0.39, 0.29) is 23.8 Å². The molecule has 0 aliphatic rings. The largest absolute Gasteiger partial charge is 0.495 e. The molecule has 2 N–H and O–H groups in total. The van der Waals surface area contributed by atoms with Crippen LogP contribution in [0.3, 0.4) is 0 Å². The van der Waals surface area contributed by atoms with Gasteiger partial charge in [0.05, 0.1) is 25.2 Å². The highest BCUT2D eigenvalue weighted by Crippen LogP contribution is 2.26. The van der Waals surface area contributed by atoms with Gasteiger partial charge in [-0.05, 0) is 48.9 Å². The number of ether oxygens (including phenoxy) is 2. The maximum Gasteiger partial charge on any atom is 0.255 e. The fourth-order valence-corrected chi connectivity index (χ4v) is 4.19. The number of benzene rings is 2. The Morgan fingerprint density at radius 3 is 2.08 bits per heavy atom. The number of methoxy groups -OCH3 is 1. The van der Waals surface area contributed by atoms with E-state index in [9.17, 15) is 18.0 Å². The molecule has 0 aromatic heterocycles. The quantitative estimate of drug-likeness (QED) is 0.270. The number of hydrogen-bond donors (Lipinski definition) is 2. The third-order valence-electron chi connectivity index (χ3n) is 5.85. The van der Waals surface area contributed by atoms with E-state index in [0.717, 1.165) is 19.1 Å². The SMILES string of the molecule is CCCCCCCCCCOc1ccc(C(=O)Nc2cc(C(=O)NCCS(C)(=O)=O)ccc2OC)cc1. The van der Waals surface area contributed by atoms with Gasteiger partial charge in [-0.25, -0.2) is 8.42 Å². The number of hydrogen-bond acceptors (Lipinski definition) is 6. The maximum atomic E-state index is 12.8. The van der Waals surface area contributed by atoms with E-state index in [0.29, 0.717) is 29.4 Å². The summed E-state index contributed by atoms with van der Waals surface area (Å²) in [5, 5.41) is 5.34. The van der Waals surface area contributed by atoms with Gasteiger partial charge in [0, 0.05) is 23.9 Å². The lowest BCUT2D eigenvalue weighted by Gasteiger charge is -2.13. The second-order valence-electron chi connectivity index (χ2n) is 9.10. The van der Waals surface area contributed by atoms with Crippen LogP contribution in [0.1, 0.15) is 79.0 Å². The lowest BCUT2D eigenvalue weighted by atomic mass is 10.1. The molecule has 204 valence electrons. The van der Waals surface area contributed by atoms with Crippen molar-refractivity contribution in [2.75, 3.05) is 37.6 Å². The number of carbonyl (C=O) groups excluding carboxylic acids is 2. The molecule has 9 heteroatoms. The number of amides is 2. The molecule has 0 heterocycles. The van der Waals surface area contributed by atoms with Gasteiger partial charge in [0.1, 0.15) is 21.3 Å². The van der Waals surface area contributed by atoms with Gasteiger partial charge >= 0.3 is 0 Å². The zero-order valence-electron chi connectivity index (χ0n) is 22.2. The molecule has 0 aliphatic heterocycles. The van der Waals surface area contributed by atoms with Crippen LogP contribution in [0.25, 0.3) is 0 Å². The molecule has 0 bridgehead atoms. The molecule has 0 saturated carbocycles. The average Bonchev–Trinajstić information content (AvgIpc) is 2.87. The second-order valence-corrected chi connectivity index (χ2v) is 11.4. The molecule has 0 radical (unpaired) electrons. The average molecular weight is 533 g/mol. The van der Waals surface area contributed by atoms with Crippen LogP contribution in [0.2, 0.25) is 0 Å². The van der Waals surface area contributed by atoms with Gasteiger partial charge in [-0.2, -0.15) is 0 Å². The standard InChI is InChI=1S/C28H40N2O6S/c1-4-5-6-7-8-9-10-11-19-36-24-15-12-22(13-16-24)28(32)30-25-21-23(14-17-26(25)35-2)27(31)29-18-20-37(3,33)34/h12-17,21H,4-11,18-20H2,1-3H3,(H,29,31)(H,30,32). The molecule has 0 unspecified atom stereocenters. The predicted octanol–water partition coefficient (Wildman–Crippen LogP) is 5.24. The van der Waals surface area contributed by atoms with Gasteiger partial charge < -0.3 is 20.1 Å². The summed E-state index contributed by atoms with van der Waals surface area (Å²) in [5.41, 5.74) is 1.04. The minimum atomic E-state index is -3.18. The maximum absolute atomic E-state index is 12.8. The molecule has 2 aromatic rings. The fraction of sp³-hybridized carbons (Fsp3) is 0.500. The van der Waals surface area contributed by atoms with Crippen molar-refractivity contribution < 1.29 is 27.5 Å². The fourth-order valence-electron chi connectivity index (χ4n) is 3.72. The minimum Gasteiger partial charge on any atom is -0.495 e. The second kappa shape index (κ2) is 15.9. The Balaban J connectivity index is 1.86. The number of nitrogens with one attached hydrogen (secondary N) is 2. The van der Waals surface area contributed by atoms with Crippen molar-refractivity contribution >= 4 is 27.3 Å². The van der Waals surface area contributed by atoms with Crippen molar-refractivity contribution in [1.82, 2.24) is 5.32 Å². The summed E-state index contributed by atoms with van der Waals surface area (Å²) in [6, 6.07) is 11.5. The van der Waals surface area contributed by atoms with E-state index in [2.05, 4.69) is 17.6 Å². The summed E-state index contributed by atoms with van der Waals surface area (Å²) in [5.74, 6) is 0.149. The zero-order valence-corrected chi connectivity index (χ0v) is 23.0. The number of carbonyl (C=O) groups is 2. The molecule has 37 heavy (non-hydrogen) atoms. The number of sulfone groups is 1. The van der Waals surface area contributed by atoms with Gasteiger partial charge in [-0.1, -0.05) is 51.9 Å². The highest BCUT2D eigenvalue weighted by molar-refractivity contribution is 7.90. The van der Waals surface area contributed by atoms with Crippen molar-refractivity contribution in [1.29, 1.82) is 0 Å². The summed E-state index contributed by atoms with van der Waals surface area (Å²) in [4.78, 5) is 25.2. The summed E-state index contributed by atoms with van der Waals surface area (Å²) in [6.45, 7) is 2.87. The van der Waals surface area contributed by atoms with Crippen molar-refractivity contribution in [3.63, 3.8) is 0 Å². The smallest absolute Gasteiger partial charge is 0.255 e. The molecule has 0 saturated heterocycles. The molecular weight excluding hydrogens is 492 g/mol. The van der Waals surface area contributed by atoms with E-state index in [1.807, 2.05) is 0 Å². The highest BCUT2D eigenvalue weighted by atomic mass is 32.2. The van der Waals surface area contributed by atoms with Crippen molar-refractivity contribution in [2.45, 2.75) is 58.3 Å². The van der Waals surface area contributed by atoms with E-state index in [1.54, 1.807) is 36.4 Å². The molecule has 2 aromatic carbocycles. The Morgan fingerprint density at radius 2 is 1.46 bits per heavy atom. The molecule has 0 aliphatic carbocycles. The zero-order chi connectivity index (χ0) is 27.1. The van der Waals surface area contributed by atoms with Gasteiger partial charge in [-0.15, -0.1) is 0 Å². The monoisotopic (exact) mass is 532 g/mol. The molecule has 2 rings (SSSR count). The van der Waals surface area contributed by atoms with E-state index < -0.39 is 15.7 Å². The predicted molar refractivity (Wildman–Crippen MR) is 148 cm³/mol. The van der Waals surface area contributed by atoms with Crippen LogP contribution in [0.4, 0.5) is 5.69 Å². The first-order valence-corrected chi connectivity index (χ1v) is 15.0. The minimum absolute atomic E-state index is 0.00114. The van der Waals surface area contributed by atoms with Crippen molar-refractivity contribution in [3.05, 3.63) is 53.6 Å². The first-order chi connectivity index (χ1) is 17.7. The van der Waals surface area contributed by atoms with Gasteiger partial charge in [0.15, 0.2) is 0 Å². The third kappa shape index (κ3) is 11.7. The normalized spacial score (nSPS) is 11.1. The van der Waals surface area contributed by atoms with Crippen LogP contribution >= 0.6 is 0 Å². The van der Waals surface area contributed by atoms with Crippen LogP contribution < -0.4 is 20.1 Å². The lowest BCUT2D eigenvalue weighted by molar-refractivity contribution is 0.0954. The van der Waals surface area contributed by atoms with Crippen molar-refractivity contribution in [3.8, 4) is 11.5 Å². The van der Waals surface area contributed by atoms with Gasteiger partial charge in [0.25, 0.3) is 11.8 Å². The van der Waals surface area contributed by atoms with Crippen LogP contribution in [0.15, 0.2) is 42.5 Å². The van der Waals surface area contributed by atoms with E-state index >= 15 is 0 Å². The van der Waals surface area contributed by atoms with Crippen LogP contribution in [-0.2, 0) is 9.84 Å². The Morgan fingerprint density at radius 1 is 0.838 bits per heavy atom. The summed E-state index contributed by atoms with van der Waals surface area (Å²) in [7, 11) is -1.72. The lowest BCUT2D eigenvalue weighted by Crippen LogP contribution is -2.28. The van der Waals surface area contributed by atoms with Gasteiger partial charge in [0.2, 0.25) is 0 Å². The van der Waals surface area contributed by atoms with E-state index in [4.69, 9.17) is 9.47 Å². The molecule has 0 atom stereocenters. The van der Waals surface area contributed by atoms with Crippen molar-refractivity contribution in [2.24, 2.45) is 0 Å². The Labute approximate surface area is 221 Å². The summed E-state index contributed by atoms with van der Waals surface area (Å²) in [6.07, 6.45) is 11.0. The van der Waals surface area contributed by atoms with Crippen LogP contribution in [0.5, 0.6) is 11.5 Å². The Hall–Kier alpha value is -3.07. The number of unbranched alkanes of at least 4 members (excludes halogenated alkanes) is 7. The first kappa shape index (κ1) is 30.2. The summed E-state index contributed by atoms with van der Waals surface area (Å²) >= 11 is 0.